The zero-order valence-corrected chi connectivity index (χ0v) is 16.8. The predicted octanol–water partition coefficient (Wildman–Crippen LogP) is 5.42. The normalized spacial score (nSPS) is 14.4. The maximum atomic E-state index is 12.9. The van der Waals surface area contributed by atoms with Crippen LogP contribution in [0.3, 0.4) is 0 Å². The van der Waals surface area contributed by atoms with Gasteiger partial charge in [0.1, 0.15) is 0 Å². The van der Waals surface area contributed by atoms with Crippen molar-refractivity contribution in [3.63, 3.8) is 0 Å². The summed E-state index contributed by atoms with van der Waals surface area (Å²) in [6, 6.07) is 18.2. The highest BCUT2D eigenvalue weighted by Crippen LogP contribution is 2.38. The lowest BCUT2D eigenvalue weighted by Crippen LogP contribution is -2.10. The van der Waals surface area contributed by atoms with Gasteiger partial charge in [-0.2, -0.15) is 13.2 Å². The average Bonchev–Trinajstić information content (AvgIpc) is 3.12. The van der Waals surface area contributed by atoms with Crippen molar-refractivity contribution in [1.82, 2.24) is 0 Å². The van der Waals surface area contributed by atoms with Crippen molar-refractivity contribution in [2.45, 2.75) is 6.18 Å². The van der Waals surface area contributed by atoms with Gasteiger partial charge in [-0.15, -0.1) is 0 Å². The molecular weight excluding hydrogens is 421 g/mol. The van der Waals surface area contributed by atoms with Gasteiger partial charge in [-0.3, -0.25) is 4.79 Å². The number of nitrogens with one attached hydrogen (secondary N) is 2. The number of methoxy groups -OCH3 is 1. The van der Waals surface area contributed by atoms with Crippen LogP contribution < -0.4 is 10.6 Å². The lowest BCUT2D eigenvalue weighted by molar-refractivity contribution is -0.137. The van der Waals surface area contributed by atoms with Crippen LogP contribution in [-0.4, -0.2) is 19.0 Å². The molecule has 32 heavy (non-hydrogen) atoms. The zero-order valence-electron chi connectivity index (χ0n) is 16.8. The molecule has 5 nitrogen and oxygen atoms in total. The number of amides is 1. The summed E-state index contributed by atoms with van der Waals surface area (Å²) in [7, 11) is 1.26. The number of fused-ring (bicyclic) bond motifs is 1. The lowest BCUT2D eigenvalue weighted by Gasteiger charge is -2.15. The van der Waals surface area contributed by atoms with Gasteiger partial charge in [-0.25, -0.2) is 4.79 Å². The molecule has 0 aromatic heterocycles. The van der Waals surface area contributed by atoms with E-state index in [2.05, 4.69) is 10.6 Å². The monoisotopic (exact) mass is 438 g/mol. The third-order valence-corrected chi connectivity index (χ3v) is 4.98. The molecule has 3 aromatic rings. The number of esters is 1. The van der Waals surface area contributed by atoms with E-state index in [4.69, 9.17) is 4.74 Å². The van der Waals surface area contributed by atoms with Crippen LogP contribution in [0.5, 0.6) is 0 Å². The molecule has 0 fully saturated rings. The first kappa shape index (κ1) is 21.2. The average molecular weight is 438 g/mol. The molecule has 1 aliphatic heterocycles. The number of carbonyl (C=O) groups is 2. The Bertz CT molecular complexity index is 1220. The third kappa shape index (κ3) is 4.07. The molecule has 8 heteroatoms. The topological polar surface area (TPSA) is 67.4 Å². The molecular formula is C24H17F3N2O3. The summed E-state index contributed by atoms with van der Waals surface area (Å²) in [6.45, 7) is 0. The van der Waals surface area contributed by atoms with Crippen LogP contribution in [-0.2, 0) is 15.7 Å². The molecule has 0 aliphatic carbocycles. The van der Waals surface area contributed by atoms with Crippen LogP contribution in [0.2, 0.25) is 0 Å². The minimum atomic E-state index is -4.44. The molecule has 0 unspecified atom stereocenters. The smallest absolute Gasteiger partial charge is 0.416 e. The molecule has 1 heterocycles. The summed E-state index contributed by atoms with van der Waals surface area (Å²) in [6.07, 6.45) is -4.44. The second-order valence-electron chi connectivity index (χ2n) is 7.02. The maximum Gasteiger partial charge on any atom is 0.416 e. The minimum absolute atomic E-state index is 0.282. The van der Waals surface area contributed by atoms with E-state index in [-0.39, 0.29) is 5.56 Å². The summed E-state index contributed by atoms with van der Waals surface area (Å²) >= 11 is 0. The molecule has 0 radical (unpaired) electrons. The standard InChI is InChI=1S/C24H17F3N2O3/c1-32-23(31)15-7-12-18-19(13-15)29-22(30)20(18)21(14-5-3-2-4-6-14)28-17-10-8-16(9-11-17)24(25,26)27/h2-13,28H,1H3,(H,29,30)/b21-20-. The molecule has 1 amide bonds. The van der Waals surface area contributed by atoms with E-state index in [1.807, 2.05) is 6.07 Å². The van der Waals surface area contributed by atoms with E-state index in [0.717, 1.165) is 12.1 Å². The van der Waals surface area contributed by atoms with E-state index >= 15 is 0 Å². The van der Waals surface area contributed by atoms with Gasteiger partial charge in [-0.1, -0.05) is 36.4 Å². The summed E-state index contributed by atoms with van der Waals surface area (Å²) < 4.78 is 43.4. The Kier molecular flexibility index (Phi) is 5.44. The Morgan fingerprint density at radius 2 is 1.62 bits per heavy atom. The summed E-state index contributed by atoms with van der Waals surface area (Å²) in [5, 5.41) is 5.83. The van der Waals surface area contributed by atoms with Crippen molar-refractivity contribution in [3.8, 4) is 0 Å². The van der Waals surface area contributed by atoms with Crippen molar-refractivity contribution in [2.75, 3.05) is 17.7 Å². The van der Waals surface area contributed by atoms with Gasteiger partial charge in [0.25, 0.3) is 5.91 Å². The molecule has 0 bridgehead atoms. The SMILES string of the molecule is COC(=O)c1ccc2c(c1)NC(=O)/C2=C(\Nc1ccc(C(F)(F)F)cc1)c1ccccc1. The van der Waals surface area contributed by atoms with Gasteiger partial charge in [-0.05, 0) is 42.0 Å². The van der Waals surface area contributed by atoms with E-state index in [1.54, 1.807) is 36.4 Å². The third-order valence-electron chi connectivity index (χ3n) is 4.98. The minimum Gasteiger partial charge on any atom is -0.465 e. The van der Waals surface area contributed by atoms with Crippen LogP contribution in [0.1, 0.15) is 27.0 Å². The van der Waals surface area contributed by atoms with E-state index in [0.29, 0.717) is 33.8 Å². The van der Waals surface area contributed by atoms with Crippen LogP contribution >= 0.6 is 0 Å². The molecule has 0 saturated carbocycles. The first-order valence-corrected chi connectivity index (χ1v) is 9.56. The molecule has 4 rings (SSSR count). The second kappa shape index (κ2) is 8.22. The molecule has 3 aromatic carbocycles. The molecule has 1 aliphatic rings. The number of rotatable bonds is 4. The summed E-state index contributed by atoms with van der Waals surface area (Å²) in [5.41, 5.74) is 2.30. The Labute approximate surface area is 181 Å². The Balaban J connectivity index is 1.81. The molecule has 0 saturated heterocycles. The number of halogens is 3. The highest BCUT2D eigenvalue weighted by molar-refractivity contribution is 6.37. The number of benzene rings is 3. The second-order valence-corrected chi connectivity index (χ2v) is 7.02. The fourth-order valence-corrected chi connectivity index (χ4v) is 3.44. The fraction of sp³-hybridized carbons (Fsp3) is 0.0833. The number of ether oxygens (including phenoxy) is 1. The van der Waals surface area contributed by atoms with Crippen molar-refractivity contribution < 1.29 is 27.5 Å². The molecule has 0 atom stereocenters. The van der Waals surface area contributed by atoms with Gasteiger partial charge >= 0.3 is 12.1 Å². The number of hydrogen-bond acceptors (Lipinski definition) is 4. The Morgan fingerprint density at radius 1 is 0.938 bits per heavy atom. The highest BCUT2D eigenvalue weighted by atomic mass is 19.4. The Morgan fingerprint density at radius 3 is 2.25 bits per heavy atom. The quantitative estimate of drug-likeness (QED) is 0.421. The predicted molar refractivity (Wildman–Crippen MR) is 115 cm³/mol. The lowest BCUT2D eigenvalue weighted by atomic mass is 9.99. The van der Waals surface area contributed by atoms with Crippen LogP contribution in [0.15, 0.2) is 72.8 Å². The summed E-state index contributed by atoms with van der Waals surface area (Å²) in [4.78, 5) is 24.7. The van der Waals surface area contributed by atoms with E-state index in [1.165, 1.54) is 25.3 Å². The largest absolute Gasteiger partial charge is 0.465 e. The molecule has 2 N–H and O–H groups in total. The molecule has 162 valence electrons. The van der Waals surface area contributed by atoms with Gasteiger partial charge in [0.15, 0.2) is 0 Å². The van der Waals surface area contributed by atoms with Crippen molar-refractivity contribution >= 4 is 34.5 Å². The van der Waals surface area contributed by atoms with Crippen LogP contribution in [0.25, 0.3) is 11.3 Å². The van der Waals surface area contributed by atoms with Crippen LogP contribution in [0, 0.1) is 0 Å². The Hall–Kier alpha value is -4.07. The number of alkyl halides is 3. The van der Waals surface area contributed by atoms with Crippen molar-refractivity contribution in [1.29, 1.82) is 0 Å². The zero-order chi connectivity index (χ0) is 22.9. The first-order valence-electron chi connectivity index (χ1n) is 9.56. The summed E-state index contributed by atoms with van der Waals surface area (Å²) in [5.74, 6) is -0.939. The van der Waals surface area contributed by atoms with E-state index < -0.39 is 23.6 Å². The molecule has 0 spiro atoms. The number of hydrogen-bond donors (Lipinski definition) is 2. The van der Waals surface area contributed by atoms with E-state index in [9.17, 15) is 22.8 Å². The highest BCUT2D eigenvalue weighted by Gasteiger charge is 2.31. The fourth-order valence-electron chi connectivity index (χ4n) is 3.44. The number of carbonyl (C=O) groups excluding carboxylic acids is 2. The van der Waals surface area contributed by atoms with Crippen molar-refractivity contribution in [2.24, 2.45) is 0 Å². The number of anilines is 2. The van der Waals surface area contributed by atoms with Gasteiger partial charge in [0.05, 0.1) is 35.2 Å². The van der Waals surface area contributed by atoms with Gasteiger partial charge in [0, 0.05) is 11.3 Å². The maximum absolute atomic E-state index is 12.9. The van der Waals surface area contributed by atoms with Crippen molar-refractivity contribution in [3.05, 3.63) is 95.1 Å². The first-order chi connectivity index (χ1) is 15.3. The van der Waals surface area contributed by atoms with Crippen LogP contribution in [0.4, 0.5) is 24.5 Å². The van der Waals surface area contributed by atoms with Gasteiger partial charge in [0.2, 0.25) is 0 Å². The van der Waals surface area contributed by atoms with Gasteiger partial charge < -0.3 is 15.4 Å².